The number of rotatable bonds is 1. The van der Waals surface area contributed by atoms with E-state index in [1.807, 2.05) is 0 Å². The Hall–Kier alpha value is -0.0400. The lowest BCUT2D eigenvalue weighted by molar-refractivity contribution is 0.205. The molecule has 1 nitrogen and oxygen atoms in total. The molecule has 0 aliphatic carbocycles. The molecule has 11 heavy (non-hydrogen) atoms. The number of nitrogens with zero attached hydrogens (tertiary/aromatic N) is 1. The zero-order valence-electron chi connectivity index (χ0n) is 7.93. The highest BCUT2D eigenvalue weighted by Gasteiger charge is 2.49. The van der Waals surface area contributed by atoms with Gasteiger partial charge in [-0.05, 0) is 31.2 Å². The topological polar surface area (TPSA) is 3.24 Å². The quantitative estimate of drug-likeness (QED) is 0.558. The van der Waals surface area contributed by atoms with Gasteiger partial charge in [-0.1, -0.05) is 20.8 Å². The van der Waals surface area contributed by atoms with Crippen molar-refractivity contribution in [3.8, 4) is 0 Å². The van der Waals surface area contributed by atoms with E-state index < -0.39 is 0 Å². The van der Waals surface area contributed by atoms with Crippen LogP contribution in [0.25, 0.3) is 0 Å². The molecule has 64 valence electrons. The predicted molar refractivity (Wildman–Crippen MR) is 47.6 cm³/mol. The summed E-state index contributed by atoms with van der Waals surface area (Å²) in [5.74, 6) is 0. The van der Waals surface area contributed by atoms with Crippen molar-refractivity contribution in [1.82, 2.24) is 4.90 Å². The first-order valence-corrected chi connectivity index (χ1v) is 4.91. The minimum atomic E-state index is 0.610. The van der Waals surface area contributed by atoms with Gasteiger partial charge in [0.15, 0.2) is 0 Å². The molecule has 2 bridgehead atoms. The first kappa shape index (κ1) is 7.60. The fourth-order valence-electron chi connectivity index (χ4n) is 3.22. The SMILES string of the molecule is CCN1C2CCC1C(C)(C)C2. The van der Waals surface area contributed by atoms with Crippen molar-refractivity contribution >= 4 is 0 Å². The molecule has 2 saturated heterocycles. The molecule has 2 aliphatic heterocycles. The molecule has 0 radical (unpaired) electrons. The molecule has 2 heterocycles. The van der Waals surface area contributed by atoms with Crippen LogP contribution >= 0.6 is 0 Å². The van der Waals surface area contributed by atoms with E-state index in [2.05, 4.69) is 25.7 Å². The molecule has 1 heteroatoms. The summed E-state index contributed by atoms with van der Waals surface area (Å²) >= 11 is 0. The van der Waals surface area contributed by atoms with Crippen LogP contribution in [0.1, 0.15) is 40.0 Å². The van der Waals surface area contributed by atoms with Gasteiger partial charge in [0.2, 0.25) is 0 Å². The molecule has 2 atom stereocenters. The van der Waals surface area contributed by atoms with Crippen LogP contribution in [0, 0.1) is 5.41 Å². The second-order valence-corrected chi connectivity index (χ2v) is 4.77. The van der Waals surface area contributed by atoms with Gasteiger partial charge in [0.1, 0.15) is 0 Å². The monoisotopic (exact) mass is 153 g/mol. The van der Waals surface area contributed by atoms with Crippen LogP contribution in [0.2, 0.25) is 0 Å². The Morgan fingerprint density at radius 3 is 2.36 bits per heavy atom. The van der Waals surface area contributed by atoms with Gasteiger partial charge in [-0.3, -0.25) is 4.90 Å². The number of hydrogen-bond donors (Lipinski definition) is 0. The summed E-state index contributed by atoms with van der Waals surface area (Å²) in [6, 6.07) is 1.83. The maximum atomic E-state index is 2.71. The second kappa shape index (κ2) is 2.22. The van der Waals surface area contributed by atoms with Crippen molar-refractivity contribution in [3.63, 3.8) is 0 Å². The fourth-order valence-corrected chi connectivity index (χ4v) is 3.22. The van der Waals surface area contributed by atoms with Crippen LogP contribution in [0.4, 0.5) is 0 Å². The van der Waals surface area contributed by atoms with Crippen LogP contribution in [-0.2, 0) is 0 Å². The molecule has 0 spiro atoms. The highest BCUT2D eigenvalue weighted by atomic mass is 15.2. The third-order valence-corrected chi connectivity index (χ3v) is 3.67. The standard InChI is InChI=1S/C10H19N/c1-4-11-8-5-6-9(11)10(2,3)7-8/h8-9H,4-7H2,1-3H3. The molecule has 0 saturated carbocycles. The molecular weight excluding hydrogens is 134 g/mol. The van der Waals surface area contributed by atoms with Crippen LogP contribution < -0.4 is 0 Å². The fraction of sp³-hybridized carbons (Fsp3) is 1.00. The van der Waals surface area contributed by atoms with Crippen molar-refractivity contribution in [2.24, 2.45) is 5.41 Å². The maximum absolute atomic E-state index is 2.71. The molecule has 2 fully saturated rings. The van der Waals surface area contributed by atoms with Crippen molar-refractivity contribution in [1.29, 1.82) is 0 Å². The molecule has 0 N–H and O–H groups in total. The first-order chi connectivity index (χ1) is 5.15. The zero-order chi connectivity index (χ0) is 8.06. The lowest BCUT2D eigenvalue weighted by atomic mass is 9.77. The van der Waals surface area contributed by atoms with E-state index >= 15 is 0 Å². The van der Waals surface area contributed by atoms with Crippen molar-refractivity contribution < 1.29 is 0 Å². The van der Waals surface area contributed by atoms with E-state index in [1.54, 1.807) is 0 Å². The summed E-state index contributed by atoms with van der Waals surface area (Å²) < 4.78 is 0. The van der Waals surface area contributed by atoms with E-state index in [4.69, 9.17) is 0 Å². The molecule has 0 aromatic carbocycles. The van der Waals surface area contributed by atoms with Gasteiger partial charge in [0.25, 0.3) is 0 Å². The summed E-state index contributed by atoms with van der Waals surface area (Å²) in [5, 5.41) is 0. The Balaban J connectivity index is 2.19. The predicted octanol–water partition coefficient (Wildman–Crippen LogP) is 2.27. The van der Waals surface area contributed by atoms with E-state index in [-0.39, 0.29) is 0 Å². The van der Waals surface area contributed by atoms with Gasteiger partial charge in [-0.15, -0.1) is 0 Å². The minimum Gasteiger partial charge on any atom is -0.297 e. The lowest BCUT2D eigenvalue weighted by Gasteiger charge is -2.29. The molecule has 0 aromatic rings. The Bertz CT molecular complexity index is 162. The summed E-state index contributed by atoms with van der Waals surface area (Å²) in [6.45, 7) is 8.42. The zero-order valence-corrected chi connectivity index (χ0v) is 7.93. The highest BCUT2D eigenvalue weighted by molar-refractivity contribution is 5.04. The second-order valence-electron chi connectivity index (χ2n) is 4.77. The normalized spacial score (nSPS) is 41.7. The first-order valence-electron chi connectivity index (χ1n) is 4.91. The Morgan fingerprint density at radius 1 is 1.36 bits per heavy atom. The maximum Gasteiger partial charge on any atom is 0.0150 e. The van der Waals surface area contributed by atoms with Crippen LogP contribution in [-0.4, -0.2) is 23.5 Å². The molecule has 2 unspecified atom stereocenters. The Kier molecular flexibility index (Phi) is 1.54. The van der Waals surface area contributed by atoms with Crippen LogP contribution in [0.5, 0.6) is 0 Å². The average Bonchev–Trinajstić information content (AvgIpc) is 2.39. The van der Waals surface area contributed by atoms with Crippen molar-refractivity contribution in [2.75, 3.05) is 6.54 Å². The summed E-state index contributed by atoms with van der Waals surface area (Å²) in [6.07, 6.45) is 4.35. The highest BCUT2D eigenvalue weighted by Crippen LogP contribution is 2.48. The molecular formula is C10H19N. The van der Waals surface area contributed by atoms with Gasteiger partial charge in [-0.25, -0.2) is 0 Å². The summed E-state index contributed by atoms with van der Waals surface area (Å²) in [7, 11) is 0. The van der Waals surface area contributed by atoms with Gasteiger partial charge in [-0.2, -0.15) is 0 Å². The Morgan fingerprint density at radius 2 is 2.09 bits per heavy atom. The van der Waals surface area contributed by atoms with Gasteiger partial charge < -0.3 is 0 Å². The van der Waals surface area contributed by atoms with Crippen molar-refractivity contribution in [3.05, 3.63) is 0 Å². The number of hydrogen-bond acceptors (Lipinski definition) is 1. The van der Waals surface area contributed by atoms with E-state index in [0.29, 0.717) is 5.41 Å². The van der Waals surface area contributed by atoms with Crippen LogP contribution in [0.15, 0.2) is 0 Å². The molecule has 0 amide bonds. The smallest absolute Gasteiger partial charge is 0.0150 e. The van der Waals surface area contributed by atoms with Gasteiger partial charge in [0, 0.05) is 12.1 Å². The lowest BCUT2D eigenvalue weighted by Crippen LogP contribution is -2.33. The third kappa shape index (κ3) is 0.936. The van der Waals surface area contributed by atoms with E-state index in [9.17, 15) is 0 Å². The Labute approximate surface area is 69.8 Å². The molecule has 0 aromatic heterocycles. The minimum absolute atomic E-state index is 0.610. The van der Waals surface area contributed by atoms with Gasteiger partial charge >= 0.3 is 0 Å². The average molecular weight is 153 g/mol. The van der Waals surface area contributed by atoms with Crippen molar-refractivity contribution in [2.45, 2.75) is 52.1 Å². The van der Waals surface area contributed by atoms with E-state index in [0.717, 1.165) is 12.1 Å². The van der Waals surface area contributed by atoms with Gasteiger partial charge in [0.05, 0.1) is 0 Å². The van der Waals surface area contributed by atoms with Crippen LogP contribution in [0.3, 0.4) is 0 Å². The summed E-state index contributed by atoms with van der Waals surface area (Å²) in [4.78, 5) is 2.71. The molecule has 2 rings (SSSR count). The largest absolute Gasteiger partial charge is 0.297 e. The molecule has 2 aliphatic rings. The summed E-state index contributed by atoms with van der Waals surface area (Å²) in [5.41, 5.74) is 0.610. The third-order valence-electron chi connectivity index (χ3n) is 3.67. The number of fused-ring (bicyclic) bond motifs is 2. The van der Waals surface area contributed by atoms with E-state index in [1.165, 1.54) is 25.8 Å².